The molecule has 0 aliphatic rings. The number of fused-ring (bicyclic) bond motifs is 1. The fourth-order valence-corrected chi connectivity index (χ4v) is 2.71. The number of benzene rings is 1. The normalized spacial score (nSPS) is 10.6. The lowest BCUT2D eigenvalue weighted by Crippen LogP contribution is -2.01. The Morgan fingerprint density at radius 1 is 1.17 bits per heavy atom. The zero-order valence-electron chi connectivity index (χ0n) is 13.2. The van der Waals surface area contributed by atoms with Gasteiger partial charge in [-0.15, -0.1) is 0 Å². The molecule has 0 fully saturated rings. The van der Waals surface area contributed by atoms with Gasteiger partial charge in [0.25, 0.3) is 0 Å². The highest BCUT2D eigenvalue weighted by Gasteiger charge is 2.12. The van der Waals surface area contributed by atoms with Crippen LogP contribution in [0.25, 0.3) is 5.65 Å². The predicted octanol–water partition coefficient (Wildman–Crippen LogP) is 3.72. The van der Waals surface area contributed by atoms with Gasteiger partial charge in [-0.2, -0.15) is 5.26 Å². The summed E-state index contributed by atoms with van der Waals surface area (Å²) in [6.07, 6.45) is 4.23. The molecule has 0 spiro atoms. The van der Waals surface area contributed by atoms with Gasteiger partial charge in [0.1, 0.15) is 0 Å². The molecule has 0 bridgehead atoms. The summed E-state index contributed by atoms with van der Waals surface area (Å²) in [5.74, 6) is 0.771. The highest BCUT2D eigenvalue weighted by Crippen LogP contribution is 2.22. The van der Waals surface area contributed by atoms with Crippen LogP contribution in [-0.4, -0.2) is 16.0 Å². The molecule has 0 aliphatic heterocycles. The minimum Gasteiger partial charge on any atom is -0.490 e. The summed E-state index contributed by atoms with van der Waals surface area (Å²) in [6.45, 7) is 2.58. The van der Waals surface area contributed by atoms with E-state index in [0.717, 1.165) is 35.6 Å². The second-order valence-electron chi connectivity index (χ2n) is 5.48. The van der Waals surface area contributed by atoms with Crippen LogP contribution < -0.4 is 4.74 Å². The van der Waals surface area contributed by atoms with Crippen molar-refractivity contribution in [2.45, 2.75) is 26.2 Å². The first-order chi connectivity index (χ1) is 11.3. The summed E-state index contributed by atoms with van der Waals surface area (Å²) in [7, 11) is 0. The Labute approximate surface area is 136 Å². The van der Waals surface area contributed by atoms with Crippen LogP contribution in [0.5, 0.6) is 5.75 Å². The van der Waals surface area contributed by atoms with Crippen molar-refractivity contribution in [2.75, 3.05) is 6.61 Å². The van der Waals surface area contributed by atoms with Crippen LogP contribution in [0.1, 0.15) is 23.4 Å². The van der Waals surface area contributed by atoms with Gasteiger partial charge in [-0.1, -0.05) is 30.3 Å². The summed E-state index contributed by atoms with van der Waals surface area (Å²) in [4.78, 5) is 4.56. The van der Waals surface area contributed by atoms with Crippen molar-refractivity contribution in [1.82, 2.24) is 9.38 Å². The van der Waals surface area contributed by atoms with E-state index in [4.69, 9.17) is 10.00 Å². The molecule has 4 nitrogen and oxygen atoms in total. The molecule has 0 amide bonds. The lowest BCUT2D eigenvalue weighted by molar-refractivity contribution is 0.313. The van der Waals surface area contributed by atoms with Gasteiger partial charge in [0.2, 0.25) is 0 Å². The maximum atomic E-state index is 8.95. The Morgan fingerprint density at radius 3 is 2.78 bits per heavy atom. The quantitative estimate of drug-likeness (QED) is 0.652. The van der Waals surface area contributed by atoms with Gasteiger partial charge in [0.05, 0.1) is 30.5 Å². The molecule has 1 aromatic carbocycles. The van der Waals surface area contributed by atoms with Crippen molar-refractivity contribution in [3.8, 4) is 11.8 Å². The maximum absolute atomic E-state index is 8.95. The first-order valence-corrected chi connectivity index (χ1v) is 7.80. The van der Waals surface area contributed by atoms with Crippen LogP contribution in [0, 0.1) is 18.3 Å². The summed E-state index contributed by atoms with van der Waals surface area (Å²) < 4.78 is 7.87. The molecule has 2 aromatic heterocycles. The van der Waals surface area contributed by atoms with Crippen molar-refractivity contribution in [3.05, 3.63) is 65.6 Å². The molecular weight excluding hydrogens is 286 g/mol. The Bertz CT molecular complexity index is 831. The highest BCUT2D eigenvalue weighted by molar-refractivity contribution is 5.56. The largest absolute Gasteiger partial charge is 0.490 e. The van der Waals surface area contributed by atoms with Gasteiger partial charge < -0.3 is 4.74 Å². The van der Waals surface area contributed by atoms with Crippen molar-refractivity contribution < 1.29 is 4.74 Å². The van der Waals surface area contributed by atoms with Gasteiger partial charge in [0, 0.05) is 6.20 Å². The Morgan fingerprint density at radius 2 is 2.00 bits per heavy atom. The van der Waals surface area contributed by atoms with Crippen molar-refractivity contribution >= 4 is 5.65 Å². The number of rotatable bonds is 6. The van der Waals surface area contributed by atoms with Crippen molar-refractivity contribution in [3.63, 3.8) is 0 Å². The predicted molar refractivity (Wildman–Crippen MR) is 89.5 cm³/mol. The molecule has 0 saturated heterocycles. The van der Waals surface area contributed by atoms with Gasteiger partial charge in [-0.05, 0) is 37.5 Å². The molecule has 0 saturated carbocycles. The molecule has 0 unspecified atom stereocenters. The van der Waals surface area contributed by atoms with E-state index in [1.807, 2.05) is 35.7 Å². The number of aromatic nitrogens is 2. The van der Waals surface area contributed by atoms with Crippen LogP contribution in [0.2, 0.25) is 0 Å². The fourth-order valence-electron chi connectivity index (χ4n) is 2.71. The fraction of sp³-hybridized carbons (Fsp3) is 0.263. The number of nitrogens with zero attached hydrogens (tertiary/aromatic N) is 3. The second kappa shape index (κ2) is 6.97. The van der Waals surface area contributed by atoms with Gasteiger partial charge in [0.15, 0.2) is 11.4 Å². The number of hydrogen-bond acceptors (Lipinski definition) is 3. The van der Waals surface area contributed by atoms with E-state index < -0.39 is 0 Å². The summed E-state index contributed by atoms with van der Waals surface area (Å²) >= 11 is 0. The van der Waals surface area contributed by atoms with E-state index in [1.165, 1.54) is 5.56 Å². The van der Waals surface area contributed by atoms with E-state index >= 15 is 0 Å². The Kier molecular flexibility index (Phi) is 4.58. The monoisotopic (exact) mass is 305 g/mol. The topological polar surface area (TPSA) is 50.3 Å². The molecule has 3 rings (SSSR count). The van der Waals surface area contributed by atoms with E-state index in [1.54, 1.807) is 0 Å². The number of imidazole rings is 1. The van der Waals surface area contributed by atoms with Gasteiger partial charge >= 0.3 is 0 Å². The van der Waals surface area contributed by atoms with Crippen LogP contribution in [-0.2, 0) is 12.8 Å². The molecule has 23 heavy (non-hydrogen) atoms. The number of nitriles is 1. The average Bonchev–Trinajstić information content (AvgIpc) is 2.90. The van der Waals surface area contributed by atoms with Crippen molar-refractivity contribution in [2.24, 2.45) is 0 Å². The third kappa shape index (κ3) is 3.35. The third-order valence-electron chi connectivity index (χ3n) is 3.87. The molecule has 3 aromatic rings. The average molecular weight is 305 g/mol. The van der Waals surface area contributed by atoms with Crippen LogP contribution in [0.3, 0.4) is 0 Å². The Balaban J connectivity index is 1.69. The smallest absolute Gasteiger partial charge is 0.180 e. The SMILES string of the molecule is Cc1nc2c(OCCCc3ccccc3)cccn2c1CC#N. The Hall–Kier alpha value is -2.80. The summed E-state index contributed by atoms with van der Waals surface area (Å²) in [6, 6.07) is 16.5. The van der Waals surface area contributed by atoms with Crippen LogP contribution in [0.15, 0.2) is 48.7 Å². The number of aryl methyl sites for hydroxylation is 2. The molecule has 0 atom stereocenters. The first kappa shape index (κ1) is 15.1. The van der Waals surface area contributed by atoms with Crippen LogP contribution >= 0.6 is 0 Å². The lowest BCUT2D eigenvalue weighted by atomic mass is 10.1. The summed E-state index contributed by atoms with van der Waals surface area (Å²) in [5.41, 5.74) is 3.92. The van der Waals surface area contributed by atoms with E-state index in [0.29, 0.717) is 13.0 Å². The minimum atomic E-state index is 0.352. The van der Waals surface area contributed by atoms with Crippen molar-refractivity contribution in [1.29, 1.82) is 5.26 Å². The first-order valence-electron chi connectivity index (χ1n) is 7.80. The van der Waals surface area contributed by atoms with E-state index in [2.05, 4.69) is 35.3 Å². The zero-order valence-corrected chi connectivity index (χ0v) is 13.2. The lowest BCUT2D eigenvalue weighted by Gasteiger charge is -2.08. The van der Waals surface area contributed by atoms with Gasteiger partial charge in [-0.3, -0.25) is 4.40 Å². The van der Waals surface area contributed by atoms with E-state index in [9.17, 15) is 0 Å². The minimum absolute atomic E-state index is 0.352. The summed E-state index contributed by atoms with van der Waals surface area (Å²) in [5, 5.41) is 8.95. The molecular formula is C19H19N3O. The number of hydrogen-bond donors (Lipinski definition) is 0. The zero-order chi connectivity index (χ0) is 16.1. The number of ether oxygens (including phenoxy) is 1. The second-order valence-corrected chi connectivity index (χ2v) is 5.48. The molecule has 0 N–H and O–H groups in total. The number of pyridine rings is 1. The van der Waals surface area contributed by atoms with E-state index in [-0.39, 0.29) is 0 Å². The molecule has 0 radical (unpaired) electrons. The molecule has 0 aliphatic carbocycles. The maximum Gasteiger partial charge on any atom is 0.180 e. The standard InChI is InChI=1S/C19H19N3O/c1-15-17(11-12-20)22-13-5-10-18(19(22)21-15)23-14-6-9-16-7-3-2-4-8-16/h2-5,7-8,10,13H,6,9,11,14H2,1H3. The molecule has 2 heterocycles. The highest BCUT2D eigenvalue weighted by atomic mass is 16.5. The third-order valence-corrected chi connectivity index (χ3v) is 3.87. The van der Waals surface area contributed by atoms with Crippen LogP contribution in [0.4, 0.5) is 0 Å². The molecule has 4 heteroatoms. The molecule has 116 valence electrons. The van der Waals surface area contributed by atoms with Gasteiger partial charge in [-0.25, -0.2) is 4.98 Å².